The van der Waals surface area contributed by atoms with Gasteiger partial charge < -0.3 is 15.5 Å². The first-order valence-electron chi connectivity index (χ1n) is 5.28. The fourth-order valence-corrected chi connectivity index (χ4v) is 1.55. The van der Waals surface area contributed by atoms with Crippen LogP contribution in [0.1, 0.15) is 0 Å². The molecule has 0 atom stereocenters. The van der Waals surface area contributed by atoms with Crippen LogP contribution in [-0.4, -0.2) is 32.3 Å². The first kappa shape index (κ1) is 14.2. The van der Waals surface area contributed by atoms with Crippen LogP contribution in [0.25, 0.3) is 0 Å². The first-order valence-corrected chi connectivity index (χ1v) is 6.06. The molecule has 0 aliphatic carbocycles. The standard InChI is InChI=1S/C11H15ClFN3S/c1-16(2)6-5-14-11(17)15-10-4-3-8(12)7-9(10)13/h3-4,7H,5-6H2,1-2H3,(H2,14,15,17)/p+1. The Hall–Kier alpha value is -0.910. The Morgan fingerprint density at radius 2 is 2.18 bits per heavy atom. The van der Waals surface area contributed by atoms with E-state index in [9.17, 15) is 4.39 Å². The smallest absolute Gasteiger partial charge is 0.171 e. The van der Waals surface area contributed by atoms with E-state index in [-0.39, 0.29) is 0 Å². The highest BCUT2D eigenvalue weighted by atomic mass is 35.5. The zero-order valence-corrected chi connectivity index (χ0v) is 11.4. The Balaban J connectivity index is 2.45. The molecule has 0 aromatic heterocycles. The van der Waals surface area contributed by atoms with Gasteiger partial charge in [0.05, 0.1) is 32.9 Å². The highest BCUT2D eigenvalue weighted by Crippen LogP contribution is 2.18. The number of benzene rings is 1. The fourth-order valence-electron chi connectivity index (χ4n) is 1.18. The minimum Gasteiger partial charge on any atom is -0.357 e. The number of likely N-dealkylation sites (N-methyl/N-ethyl adjacent to an activating group) is 1. The molecule has 0 fully saturated rings. The van der Waals surface area contributed by atoms with Gasteiger partial charge in [0, 0.05) is 5.02 Å². The van der Waals surface area contributed by atoms with Crippen molar-refractivity contribution in [3.63, 3.8) is 0 Å². The third-order valence-corrected chi connectivity index (χ3v) is 2.57. The van der Waals surface area contributed by atoms with Crippen molar-refractivity contribution in [3.8, 4) is 0 Å². The summed E-state index contributed by atoms with van der Waals surface area (Å²) in [5, 5.41) is 6.57. The SMILES string of the molecule is C[NH+](C)CCNC(=S)Nc1ccc(Cl)cc1F. The Bertz CT molecular complexity index is 398. The van der Waals surface area contributed by atoms with Crippen molar-refractivity contribution in [3.05, 3.63) is 29.0 Å². The summed E-state index contributed by atoms with van der Waals surface area (Å²) in [7, 11) is 4.11. The number of thiocarbonyl (C=S) groups is 1. The summed E-state index contributed by atoms with van der Waals surface area (Å²) < 4.78 is 13.4. The first-order chi connectivity index (χ1) is 7.99. The molecular formula is C11H16ClFN3S+. The lowest BCUT2D eigenvalue weighted by Gasteiger charge is -2.12. The summed E-state index contributed by atoms with van der Waals surface area (Å²) in [5.41, 5.74) is 0.323. The lowest BCUT2D eigenvalue weighted by molar-refractivity contribution is -0.856. The third-order valence-electron chi connectivity index (χ3n) is 2.09. The molecule has 17 heavy (non-hydrogen) atoms. The second-order valence-electron chi connectivity index (χ2n) is 3.96. The highest BCUT2D eigenvalue weighted by Gasteiger charge is 2.04. The highest BCUT2D eigenvalue weighted by molar-refractivity contribution is 7.80. The number of hydrogen-bond donors (Lipinski definition) is 3. The van der Waals surface area contributed by atoms with E-state index < -0.39 is 5.82 Å². The van der Waals surface area contributed by atoms with E-state index in [1.165, 1.54) is 11.0 Å². The second kappa shape index (κ2) is 6.74. The number of hydrogen-bond acceptors (Lipinski definition) is 1. The van der Waals surface area contributed by atoms with E-state index in [1.807, 2.05) is 0 Å². The molecule has 3 nitrogen and oxygen atoms in total. The molecular weight excluding hydrogens is 261 g/mol. The molecule has 0 spiro atoms. The predicted octanol–water partition coefficient (Wildman–Crippen LogP) is 0.910. The van der Waals surface area contributed by atoms with Crippen LogP contribution in [0.5, 0.6) is 0 Å². The van der Waals surface area contributed by atoms with E-state index in [2.05, 4.69) is 24.7 Å². The molecule has 94 valence electrons. The third kappa shape index (κ3) is 5.30. The Kier molecular flexibility index (Phi) is 5.61. The van der Waals surface area contributed by atoms with Gasteiger partial charge >= 0.3 is 0 Å². The van der Waals surface area contributed by atoms with Crippen LogP contribution in [0, 0.1) is 5.82 Å². The van der Waals surface area contributed by atoms with Crippen LogP contribution in [0.15, 0.2) is 18.2 Å². The monoisotopic (exact) mass is 276 g/mol. The number of quaternary nitrogens is 1. The summed E-state index contributed by atoms with van der Waals surface area (Å²) >= 11 is 10.7. The van der Waals surface area contributed by atoms with Crippen molar-refractivity contribution < 1.29 is 9.29 Å². The van der Waals surface area contributed by atoms with E-state index in [4.69, 9.17) is 23.8 Å². The number of halogens is 2. The van der Waals surface area contributed by atoms with Gasteiger partial charge in [-0.25, -0.2) is 4.39 Å². The van der Waals surface area contributed by atoms with E-state index >= 15 is 0 Å². The number of rotatable bonds is 4. The number of anilines is 1. The summed E-state index contributed by atoms with van der Waals surface area (Å²) in [4.78, 5) is 1.32. The summed E-state index contributed by atoms with van der Waals surface area (Å²) in [5.74, 6) is -0.417. The maximum absolute atomic E-state index is 13.4. The average Bonchev–Trinajstić information content (AvgIpc) is 2.21. The molecule has 0 unspecified atom stereocenters. The summed E-state index contributed by atoms with van der Waals surface area (Å²) in [6.07, 6.45) is 0. The maximum Gasteiger partial charge on any atom is 0.171 e. The molecule has 6 heteroatoms. The van der Waals surface area contributed by atoms with Gasteiger partial charge in [0.15, 0.2) is 5.11 Å². The maximum atomic E-state index is 13.4. The van der Waals surface area contributed by atoms with Crippen molar-refractivity contribution in [2.75, 3.05) is 32.5 Å². The van der Waals surface area contributed by atoms with Gasteiger partial charge in [0.2, 0.25) is 0 Å². The van der Waals surface area contributed by atoms with Crippen molar-refractivity contribution in [1.29, 1.82) is 0 Å². The quantitative estimate of drug-likeness (QED) is 0.714. The normalized spacial score (nSPS) is 10.4. The zero-order chi connectivity index (χ0) is 12.8. The van der Waals surface area contributed by atoms with Gasteiger partial charge in [-0.1, -0.05) is 11.6 Å². The van der Waals surface area contributed by atoms with Crippen LogP contribution in [0.3, 0.4) is 0 Å². The average molecular weight is 277 g/mol. The molecule has 0 aliphatic heterocycles. The summed E-state index contributed by atoms with van der Waals surface area (Å²) in [6.45, 7) is 1.67. The van der Waals surface area contributed by atoms with E-state index in [1.54, 1.807) is 12.1 Å². The van der Waals surface area contributed by atoms with E-state index in [0.29, 0.717) is 15.8 Å². The lowest BCUT2D eigenvalue weighted by atomic mass is 10.3. The zero-order valence-electron chi connectivity index (χ0n) is 9.81. The molecule has 0 bridgehead atoms. The molecule has 1 rings (SSSR count). The molecule has 0 radical (unpaired) electrons. The Morgan fingerprint density at radius 1 is 1.47 bits per heavy atom. The van der Waals surface area contributed by atoms with Crippen LogP contribution >= 0.6 is 23.8 Å². The van der Waals surface area contributed by atoms with Crippen LogP contribution in [-0.2, 0) is 0 Å². The molecule has 0 heterocycles. The molecule has 1 aromatic carbocycles. The number of nitrogens with one attached hydrogen (secondary N) is 3. The second-order valence-corrected chi connectivity index (χ2v) is 4.81. The fraction of sp³-hybridized carbons (Fsp3) is 0.364. The molecule has 3 N–H and O–H groups in total. The molecule has 1 aromatic rings. The van der Waals surface area contributed by atoms with Crippen LogP contribution in [0.2, 0.25) is 5.02 Å². The largest absolute Gasteiger partial charge is 0.357 e. The molecule has 0 aliphatic rings. The minimum absolute atomic E-state index is 0.323. The van der Waals surface area contributed by atoms with Crippen LogP contribution < -0.4 is 15.5 Å². The predicted molar refractivity (Wildman–Crippen MR) is 73.3 cm³/mol. The van der Waals surface area contributed by atoms with Gasteiger partial charge in [0.25, 0.3) is 0 Å². The van der Waals surface area contributed by atoms with Crippen molar-refractivity contribution in [2.45, 2.75) is 0 Å². The molecule has 0 amide bonds. The Morgan fingerprint density at radius 3 is 2.76 bits per heavy atom. The Labute approximate surface area is 111 Å². The van der Waals surface area contributed by atoms with Crippen molar-refractivity contribution >= 4 is 34.6 Å². The van der Waals surface area contributed by atoms with Crippen molar-refractivity contribution in [1.82, 2.24) is 5.32 Å². The van der Waals surface area contributed by atoms with Crippen LogP contribution in [0.4, 0.5) is 10.1 Å². The van der Waals surface area contributed by atoms with Gasteiger partial charge in [-0.3, -0.25) is 0 Å². The van der Waals surface area contributed by atoms with E-state index in [0.717, 1.165) is 13.1 Å². The van der Waals surface area contributed by atoms with Gasteiger partial charge in [-0.05, 0) is 30.4 Å². The van der Waals surface area contributed by atoms with Crippen molar-refractivity contribution in [2.24, 2.45) is 0 Å². The lowest BCUT2D eigenvalue weighted by Crippen LogP contribution is -3.06. The van der Waals surface area contributed by atoms with Gasteiger partial charge in [0.1, 0.15) is 5.82 Å². The molecule has 0 saturated carbocycles. The minimum atomic E-state index is -0.417. The summed E-state index contributed by atoms with van der Waals surface area (Å²) in [6, 6.07) is 4.42. The van der Waals surface area contributed by atoms with Gasteiger partial charge in [-0.2, -0.15) is 0 Å². The topological polar surface area (TPSA) is 28.5 Å². The molecule has 0 saturated heterocycles. The van der Waals surface area contributed by atoms with Gasteiger partial charge in [-0.15, -0.1) is 0 Å².